The Labute approximate surface area is 138 Å². The van der Waals surface area contributed by atoms with Crippen molar-refractivity contribution in [2.75, 3.05) is 5.32 Å². The van der Waals surface area contributed by atoms with Gasteiger partial charge in [0.05, 0.1) is 12.6 Å². The van der Waals surface area contributed by atoms with E-state index in [2.05, 4.69) is 42.6 Å². The van der Waals surface area contributed by atoms with Crippen molar-refractivity contribution in [3.8, 4) is 0 Å². The maximum absolute atomic E-state index is 4.37. The Bertz CT molecular complexity index is 929. The fourth-order valence-corrected chi connectivity index (χ4v) is 2.65. The average Bonchev–Trinajstić information content (AvgIpc) is 3.26. The third-order valence-electron chi connectivity index (χ3n) is 3.74. The maximum Gasteiger partial charge on any atom is 0.254 e. The summed E-state index contributed by atoms with van der Waals surface area (Å²) >= 11 is 0. The van der Waals surface area contributed by atoms with Crippen molar-refractivity contribution in [1.29, 1.82) is 0 Å². The second-order valence-corrected chi connectivity index (χ2v) is 5.48. The van der Waals surface area contributed by atoms with E-state index in [1.54, 1.807) is 15.5 Å². The van der Waals surface area contributed by atoms with Gasteiger partial charge in [-0.1, -0.05) is 30.3 Å². The number of hydrogen-bond acceptors (Lipinski definition) is 6. The lowest BCUT2D eigenvalue weighted by Gasteiger charge is -2.20. The lowest BCUT2D eigenvalue weighted by atomic mass is 10.1. The minimum Gasteiger partial charge on any atom is -0.361 e. The summed E-state index contributed by atoms with van der Waals surface area (Å²) in [6.45, 7) is 2.58. The number of anilines is 1. The highest BCUT2D eigenvalue weighted by atomic mass is 15.4. The van der Waals surface area contributed by atoms with E-state index in [0.29, 0.717) is 12.3 Å². The van der Waals surface area contributed by atoms with Crippen molar-refractivity contribution in [1.82, 2.24) is 34.3 Å². The van der Waals surface area contributed by atoms with Gasteiger partial charge in [0.1, 0.15) is 24.8 Å². The topological polar surface area (TPSA) is 85.8 Å². The zero-order chi connectivity index (χ0) is 16.4. The molecule has 0 aliphatic rings. The molecule has 4 rings (SSSR count). The Morgan fingerprint density at radius 3 is 2.79 bits per heavy atom. The summed E-state index contributed by atoms with van der Waals surface area (Å²) in [5, 5.41) is 12.0. The second kappa shape index (κ2) is 6.07. The summed E-state index contributed by atoms with van der Waals surface area (Å²) in [6, 6.07) is 12.2. The predicted molar refractivity (Wildman–Crippen MR) is 88.3 cm³/mol. The number of rotatable bonds is 5. The first-order chi connectivity index (χ1) is 11.8. The predicted octanol–water partition coefficient (Wildman–Crippen LogP) is 1.88. The van der Waals surface area contributed by atoms with E-state index in [0.717, 1.165) is 17.1 Å². The summed E-state index contributed by atoms with van der Waals surface area (Å²) in [5.41, 5.74) is 2.03. The van der Waals surface area contributed by atoms with Gasteiger partial charge < -0.3 is 5.32 Å². The van der Waals surface area contributed by atoms with Crippen molar-refractivity contribution >= 4 is 11.6 Å². The molecule has 3 heterocycles. The molecule has 120 valence electrons. The van der Waals surface area contributed by atoms with E-state index < -0.39 is 0 Å². The maximum atomic E-state index is 4.37. The molecule has 0 aliphatic heterocycles. The molecule has 1 N–H and O–H groups in total. The van der Waals surface area contributed by atoms with Crippen molar-refractivity contribution in [3.05, 3.63) is 66.6 Å². The first kappa shape index (κ1) is 14.3. The number of aromatic nitrogens is 7. The molecule has 0 fully saturated rings. The van der Waals surface area contributed by atoms with Crippen LogP contribution >= 0.6 is 0 Å². The molecule has 0 radical (unpaired) electrons. The van der Waals surface area contributed by atoms with Gasteiger partial charge in [0, 0.05) is 11.8 Å². The number of aryl methyl sites for hydroxylation is 1. The van der Waals surface area contributed by atoms with Crippen LogP contribution in [0, 0.1) is 6.92 Å². The first-order valence-corrected chi connectivity index (χ1v) is 7.61. The molecule has 1 aromatic carbocycles. The Kier molecular flexibility index (Phi) is 3.62. The van der Waals surface area contributed by atoms with Gasteiger partial charge in [-0.2, -0.15) is 19.7 Å². The largest absolute Gasteiger partial charge is 0.361 e. The Morgan fingerprint density at radius 1 is 1.12 bits per heavy atom. The van der Waals surface area contributed by atoms with Gasteiger partial charge in [-0.3, -0.25) is 4.68 Å². The van der Waals surface area contributed by atoms with Crippen LogP contribution in [0.3, 0.4) is 0 Å². The van der Waals surface area contributed by atoms with Gasteiger partial charge in [-0.25, -0.2) is 9.97 Å². The molecule has 0 unspecified atom stereocenters. The molecular weight excluding hydrogens is 304 g/mol. The standard InChI is InChI=1S/C16H16N8/c1-12-7-15(24-16(21-12)18-10-20-24)22-14(8-23-11-17-9-19-23)13-5-3-2-4-6-13/h2-7,9-11,14,22H,8H2,1H3/t14-/m0/s1. The molecule has 0 spiro atoms. The lowest BCUT2D eigenvalue weighted by Crippen LogP contribution is -2.20. The molecule has 24 heavy (non-hydrogen) atoms. The van der Waals surface area contributed by atoms with Crippen molar-refractivity contribution < 1.29 is 0 Å². The molecule has 0 bridgehead atoms. The molecule has 3 aromatic heterocycles. The summed E-state index contributed by atoms with van der Waals surface area (Å²) < 4.78 is 3.50. The molecule has 0 saturated heterocycles. The molecular formula is C16H16N8. The Morgan fingerprint density at radius 2 is 2.00 bits per heavy atom. The highest BCUT2D eigenvalue weighted by Gasteiger charge is 2.15. The van der Waals surface area contributed by atoms with Crippen molar-refractivity contribution in [3.63, 3.8) is 0 Å². The highest BCUT2D eigenvalue weighted by Crippen LogP contribution is 2.21. The third-order valence-corrected chi connectivity index (χ3v) is 3.74. The summed E-state index contributed by atoms with van der Waals surface area (Å²) in [4.78, 5) is 12.6. The van der Waals surface area contributed by atoms with Crippen LogP contribution in [0.1, 0.15) is 17.3 Å². The average molecular weight is 320 g/mol. The first-order valence-electron chi connectivity index (χ1n) is 7.61. The normalized spacial score (nSPS) is 12.4. The van der Waals surface area contributed by atoms with E-state index in [-0.39, 0.29) is 6.04 Å². The van der Waals surface area contributed by atoms with Gasteiger partial charge in [0.2, 0.25) is 0 Å². The third kappa shape index (κ3) is 2.81. The molecule has 8 heteroatoms. The molecule has 4 aromatic rings. The molecule has 0 amide bonds. The molecule has 0 aliphatic carbocycles. The van der Waals surface area contributed by atoms with Crippen LogP contribution in [0.2, 0.25) is 0 Å². The smallest absolute Gasteiger partial charge is 0.254 e. The van der Waals surface area contributed by atoms with Crippen LogP contribution in [-0.4, -0.2) is 34.3 Å². The van der Waals surface area contributed by atoms with Crippen LogP contribution in [0.5, 0.6) is 0 Å². The number of nitrogens with zero attached hydrogens (tertiary/aromatic N) is 7. The lowest BCUT2D eigenvalue weighted by molar-refractivity contribution is 0.547. The Balaban J connectivity index is 1.72. The molecule has 1 atom stereocenters. The van der Waals surface area contributed by atoms with Gasteiger partial charge in [0.15, 0.2) is 0 Å². The summed E-state index contributed by atoms with van der Waals surface area (Å²) in [7, 11) is 0. The number of hydrogen-bond donors (Lipinski definition) is 1. The minimum absolute atomic E-state index is 0.00194. The van der Waals surface area contributed by atoms with Crippen LogP contribution < -0.4 is 5.32 Å². The zero-order valence-corrected chi connectivity index (χ0v) is 13.1. The van der Waals surface area contributed by atoms with Gasteiger partial charge in [-0.15, -0.1) is 0 Å². The van der Waals surface area contributed by atoms with Crippen molar-refractivity contribution in [2.45, 2.75) is 19.5 Å². The van der Waals surface area contributed by atoms with E-state index in [1.807, 2.05) is 31.2 Å². The minimum atomic E-state index is 0.00194. The van der Waals surface area contributed by atoms with Crippen LogP contribution in [0.15, 0.2) is 55.4 Å². The molecule has 0 saturated carbocycles. The van der Waals surface area contributed by atoms with E-state index >= 15 is 0 Å². The fourth-order valence-electron chi connectivity index (χ4n) is 2.65. The van der Waals surface area contributed by atoms with Crippen LogP contribution in [0.4, 0.5) is 5.82 Å². The van der Waals surface area contributed by atoms with Gasteiger partial charge in [0.25, 0.3) is 5.78 Å². The van der Waals surface area contributed by atoms with E-state index in [1.165, 1.54) is 12.7 Å². The van der Waals surface area contributed by atoms with Crippen molar-refractivity contribution in [2.24, 2.45) is 0 Å². The van der Waals surface area contributed by atoms with Gasteiger partial charge in [-0.05, 0) is 12.5 Å². The number of benzene rings is 1. The molecule has 8 nitrogen and oxygen atoms in total. The SMILES string of the molecule is Cc1cc(N[C@@H](Cn2cncn2)c2ccccc2)n2ncnc2n1. The highest BCUT2D eigenvalue weighted by molar-refractivity contribution is 5.46. The van der Waals surface area contributed by atoms with Crippen LogP contribution in [-0.2, 0) is 6.54 Å². The summed E-state index contributed by atoms with van der Waals surface area (Å²) in [6.07, 6.45) is 4.75. The van der Waals surface area contributed by atoms with Gasteiger partial charge >= 0.3 is 0 Å². The fraction of sp³-hybridized carbons (Fsp3) is 0.188. The second-order valence-electron chi connectivity index (χ2n) is 5.48. The quantitative estimate of drug-likeness (QED) is 0.604. The summed E-state index contributed by atoms with van der Waals surface area (Å²) in [5.74, 6) is 1.41. The van der Waals surface area contributed by atoms with E-state index in [9.17, 15) is 0 Å². The number of fused-ring (bicyclic) bond motifs is 1. The number of nitrogens with one attached hydrogen (secondary N) is 1. The van der Waals surface area contributed by atoms with Crippen LogP contribution in [0.25, 0.3) is 5.78 Å². The Hall–Kier alpha value is -3.29. The zero-order valence-electron chi connectivity index (χ0n) is 13.1. The monoisotopic (exact) mass is 320 g/mol. The van der Waals surface area contributed by atoms with E-state index in [4.69, 9.17) is 0 Å².